The first-order chi connectivity index (χ1) is 15.6. The van der Waals surface area contributed by atoms with E-state index in [4.69, 9.17) is 14.6 Å². The maximum absolute atomic E-state index is 11.2. The lowest BCUT2D eigenvalue weighted by Crippen LogP contribution is -2.34. The molecule has 8 heteroatoms. The van der Waals surface area contributed by atoms with Crippen LogP contribution in [0.15, 0.2) is 36.5 Å². The van der Waals surface area contributed by atoms with Gasteiger partial charge in [-0.2, -0.15) is 5.10 Å². The zero-order valence-electron chi connectivity index (χ0n) is 19.0. The number of hydrogen-bond donors (Lipinski definition) is 1. The molecule has 1 fully saturated rings. The summed E-state index contributed by atoms with van der Waals surface area (Å²) in [5.74, 6) is 2.01. The molecule has 1 N–H and O–H groups in total. The van der Waals surface area contributed by atoms with Crippen molar-refractivity contribution in [2.45, 2.75) is 38.8 Å². The molecule has 3 aromatic rings. The van der Waals surface area contributed by atoms with E-state index < -0.39 is 0 Å². The molecule has 1 amide bonds. The monoisotopic (exact) mass is 437 g/mol. The highest BCUT2D eigenvalue weighted by Gasteiger charge is 2.27. The van der Waals surface area contributed by atoms with Crippen LogP contribution >= 0.6 is 0 Å². The summed E-state index contributed by atoms with van der Waals surface area (Å²) >= 11 is 0. The minimum absolute atomic E-state index is 0.0365. The molecule has 2 aromatic heterocycles. The summed E-state index contributed by atoms with van der Waals surface area (Å²) in [6.45, 7) is 5.43. The third kappa shape index (κ3) is 4.85. The van der Waals surface area contributed by atoms with Crippen LogP contribution in [0.4, 0.5) is 0 Å². The molecule has 32 heavy (non-hydrogen) atoms. The molecule has 0 spiro atoms. The van der Waals surface area contributed by atoms with Gasteiger partial charge in [-0.3, -0.25) is 9.69 Å². The van der Waals surface area contributed by atoms with Crippen LogP contribution in [0.3, 0.4) is 0 Å². The van der Waals surface area contributed by atoms with Crippen molar-refractivity contribution in [3.05, 3.63) is 47.8 Å². The molecule has 0 aliphatic carbocycles. The molecule has 4 rings (SSSR count). The quantitative estimate of drug-likeness (QED) is 0.584. The normalized spacial score (nSPS) is 16.8. The lowest BCUT2D eigenvalue weighted by Gasteiger charge is -2.32. The minimum Gasteiger partial charge on any atom is -0.497 e. The second kappa shape index (κ2) is 9.99. The Morgan fingerprint density at radius 2 is 2.12 bits per heavy atom. The highest BCUT2D eigenvalue weighted by Crippen LogP contribution is 2.33. The number of carbonyl (C=O) groups excluding carboxylic acids is 1. The zero-order valence-corrected chi connectivity index (χ0v) is 19.0. The van der Waals surface area contributed by atoms with Gasteiger partial charge in [-0.25, -0.2) is 9.67 Å². The van der Waals surface area contributed by atoms with E-state index in [0.29, 0.717) is 19.0 Å². The van der Waals surface area contributed by atoms with Crippen molar-refractivity contribution < 1.29 is 14.3 Å². The van der Waals surface area contributed by atoms with Gasteiger partial charge in [0.25, 0.3) is 0 Å². The average Bonchev–Trinajstić information content (AvgIpc) is 3.18. The Labute approximate surface area is 188 Å². The van der Waals surface area contributed by atoms with Gasteiger partial charge in [0.1, 0.15) is 11.5 Å². The van der Waals surface area contributed by atoms with Crippen molar-refractivity contribution in [3.63, 3.8) is 0 Å². The number of likely N-dealkylation sites (tertiary alicyclic amines) is 1. The number of aromatic nitrogens is 3. The summed E-state index contributed by atoms with van der Waals surface area (Å²) < 4.78 is 12.9. The van der Waals surface area contributed by atoms with Gasteiger partial charge in [0, 0.05) is 49.6 Å². The number of benzene rings is 1. The van der Waals surface area contributed by atoms with Crippen molar-refractivity contribution in [2.75, 3.05) is 33.9 Å². The maximum atomic E-state index is 11.2. The van der Waals surface area contributed by atoms with Gasteiger partial charge in [-0.05, 0) is 49.7 Å². The van der Waals surface area contributed by atoms with Crippen LogP contribution in [0.2, 0.25) is 0 Å². The number of nitrogens with zero attached hydrogens (tertiary/aromatic N) is 4. The number of nitrogens with one attached hydrogen (secondary N) is 1. The van der Waals surface area contributed by atoms with Crippen LogP contribution < -0.4 is 14.8 Å². The number of amides is 1. The van der Waals surface area contributed by atoms with Crippen LogP contribution in [-0.2, 0) is 17.9 Å². The smallest absolute Gasteiger partial charge is 0.216 e. The maximum Gasteiger partial charge on any atom is 0.216 e. The first kappa shape index (κ1) is 22.1. The van der Waals surface area contributed by atoms with Crippen molar-refractivity contribution in [1.29, 1.82) is 0 Å². The molecule has 8 nitrogen and oxygen atoms in total. The minimum atomic E-state index is -0.0365. The molecule has 0 bridgehead atoms. The number of ether oxygens (including phenoxy) is 2. The van der Waals surface area contributed by atoms with Crippen LogP contribution in [0.25, 0.3) is 11.0 Å². The SMILES string of the molecule is COc1ccc(OC)c(CN2CCCC(c3nn(CCNC(C)=O)c4ncccc34)C2)c1. The van der Waals surface area contributed by atoms with Crippen molar-refractivity contribution >= 4 is 16.9 Å². The van der Waals surface area contributed by atoms with Crippen molar-refractivity contribution in [1.82, 2.24) is 25.0 Å². The highest BCUT2D eigenvalue weighted by atomic mass is 16.5. The molecule has 1 aromatic carbocycles. The van der Waals surface area contributed by atoms with Gasteiger partial charge in [-0.1, -0.05) is 0 Å². The lowest BCUT2D eigenvalue weighted by molar-refractivity contribution is -0.118. The predicted octanol–water partition coefficient (Wildman–Crippen LogP) is 2.96. The summed E-state index contributed by atoms with van der Waals surface area (Å²) in [6.07, 6.45) is 4.00. The Bertz CT molecular complexity index is 1080. The fourth-order valence-corrected chi connectivity index (χ4v) is 4.50. The number of carbonyl (C=O) groups is 1. The Morgan fingerprint density at radius 1 is 1.25 bits per heavy atom. The number of fused-ring (bicyclic) bond motifs is 1. The van der Waals surface area contributed by atoms with E-state index in [2.05, 4.69) is 27.3 Å². The number of methoxy groups -OCH3 is 2. The van der Waals surface area contributed by atoms with Gasteiger partial charge >= 0.3 is 0 Å². The molecule has 170 valence electrons. The van der Waals surface area contributed by atoms with E-state index in [1.807, 2.05) is 22.9 Å². The lowest BCUT2D eigenvalue weighted by atomic mass is 9.93. The average molecular weight is 438 g/mol. The molecule has 1 saturated heterocycles. The number of pyridine rings is 1. The van der Waals surface area contributed by atoms with Crippen LogP contribution in [0, 0.1) is 0 Å². The molecule has 1 aliphatic rings. The molecule has 0 radical (unpaired) electrons. The summed E-state index contributed by atoms with van der Waals surface area (Å²) in [5.41, 5.74) is 3.09. The zero-order chi connectivity index (χ0) is 22.5. The van der Waals surface area contributed by atoms with Gasteiger partial charge in [0.2, 0.25) is 5.91 Å². The van der Waals surface area contributed by atoms with Gasteiger partial charge in [0.15, 0.2) is 5.65 Å². The Morgan fingerprint density at radius 3 is 2.91 bits per heavy atom. The first-order valence-electron chi connectivity index (χ1n) is 11.1. The fourth-order valence-electron chi connectivity index (χ4n) is 4.50. The summed E-state index contributed by atoms with van der Waals surface area (Å²) in [5, 5.41) is 8.89. The number of hydrogen-bond acceptors (Lipinski definition) is 6. The van der Waals surface area contributed by atoms with Crippen molar-refractivity contribution in [2.24, 2.45) is 0 Å². The standard InChI is InChI=1S/C24H31N5O3/c1-17(30)25-11-13-29-24-21(7-4-10-26-24)23(27-29)18-6-5-12-28(15-18)16-19-14-20(31-2)8-9-22(19)32-3/h4,7-10,14,18H,5-6,11-13,15-16H2,1-3H3,(H,25,30). The molecule has 1 unspecified atom stereocenters. The van der Waals surface area contributed by atoms with E-state index in [1.54, 1.807) is 20.4 Å². The Hall–Kier alpha value is -3.13. The first-order valence-corrected chi connectivity index (χ1v) is 11.1. The third-order valence-corrected chi connectivity index (χ3v) is 6.01. The van der Waals surface area contributed by atoms with Gasteiger partial charge in [0.05, 0.1) is 26.5 Å². The largest absolute Gasteiger partial charge is 0.497 e. The molecular weight excluding hydrogens is 406 g/mol. The number of piperidine rings is 1. The molecule has 3 heterocycles. The molecule has 1 atom stereocenters. The second-order valence-corrected chi connectivity index (χ2v) is 8.22. The third-order valence-electron chi connectivity index (χ3n) is 6.01. The number of rotatable bonds is 8. The van der Waals surface area contributed by atoms with E-state index in [9.17, 15) is 4.79 Å². The summed E-state index contributed by atoms with van der Waals surface area (Å²) in [4.78, 5) is 18.3. The van der Waals surface area contributed by atoms with Crippen LogP contribution in [0.1, 0.15) is 36.9 Å². The Kier molecular flexibility index (Phi) is 6.90. The highest BCUT2D eigenvalue weighted by molar-refractivity contribution is 5.79. The molecule has 0 saturated carbocycles. The second-order valence-electron chi connectivity index (χ2n) is 8.22. The van der Waals surface area contributed by atoms with E-state index in [-0.39, 0.29) is 5.91 Å². The van der Waals surface area contributed by atoms with E-state index in [1.165, 1.54) is 6.92 Å². The van der Waals surface area contributed by atoms with Gasteiger partial charge in [-0.15, -0.1) is 0 Å². The topological polar surface area (TPSA) is 81.5 Å². The molecule has 1 aliphatic heterocycles. The summed E-state index contributed by atoms with van der Waals surface area (Å²) in [7, 11) is 3.39. The van der Waals surface area contributed by atoms with E-state index >= 15 is 0 Å². The Balaban J connectivity index is 1.54. The fraction of sp³-hybridized carbons (Fsp3) is 0.458. The predicted molar refractivity (Wildman–Crippen MR) is 123 cm³/mol. The van der Waals surface area contributed by atoms with Gasteiger partial charge < -0.3 is 14.8 Å². The van der Waals surface area contributed by atoms with Crippen LogP contribution in [0.5, 0.6) is 11.5 Å². The van der Waals surface area contributed by atoms with E-state index in [0.717, 1.165) is 66.3 Å². The summed E-state index contributed by atoms with van der Waals surface area (Å²) in [6, 6.07) is 10.0. The van der Waals surface area contributed by atoms with Crippen LogP contribution in [-0.4, -0.2) is 59.4 Å². The van der Waals surface area contributed by atoms with Crippen molar-refractivity contribution in [3.8, 4) is 11.5 Å². The molecular formula is C24H31N5O3.